The predicted octanol–water partition coefficient (Wildman–Crippen LogP) is 2.39. The zero-order valence-electron chi connectivity index (χ0n) is 16.9. The number of rotatable bonds is 5. The highest BCUT2D eigenvalue weighted by Gasteiger charge is 2.64. The summed E-state index contributed by atoms with van der Waals surface area (Å²) in [6, 6.07) is 6.79. The summed E-state index contributed by atoms with van der Waals surface area (Å²) in [5, 5.41) is 0. The first kappa shape index (κ1) is 18.7. The molecule has 2 aliphatic heterocycles. The highest BCUT2D eigenvalue weighted by molar-refractivity contribution is 5.73. The molecular formula is C23H27NO5. The van der Waals surface area contributed by atoms with Gasteiger partial charge in [0, 0.05) is 35.8 Å². The van der Waals surface area contributed by atoms with Gasteiger partial charge in [-0.15, -0.1) is 0 Å². The van der Waals surface area contributed by atoms with Crippen LogP contribution < -0.4 is 4.74 Å². The van der Waals surface area contributed by atoms with Gasteiger partial charge in [-0.1, -0.05) is 18.2 Å². The molecule has 6 nitrogen and oxygen atoms in total. The van der Waals surface area contributed by atoms with Crippen molar-refractivity contribution in [3.8, 4) is 5.75 Å². The zero-order chi connectivity index (χ0) is 20.2. The second-order valence-electron chi connectivity index (χ2n) is 8.67. The summed E-state index contributed by atoms with van der Waals surface area (Å²) in [5.74, 6) is 0.727. The maximum absolute atomic E-state index is 12.5. The fraction of sp³-hybridized carbons (Fsp3) is 0.565. The van der Waals surface area contributed by atoms with Crippen LogP contribution in [-0.4, -0.2) is 55.8 Å². The molecule has 6 heteroatoms. The number of methoxy groups -OCH3 is 1. The molecule has 2 bridgehead atoms. The summed E-state index contributed by atoms with van der Waals surface area (Å²) in [7, 11) is 3.56. The molecule has 4 aliphatic rings. The van der Waals surface area contributed by atoms with E-state index in [1.807, 2.05) is 6.08 Å². The quantitative estimate of drug-likeness (QED) is 0.562. The Morgan fingerprint density at radius 1 is 1.24 bits per heavy atom. The minimum Gasteiger partial charge on any atom is -0.485 e. The highest BCUT2D eigenvalue weighted by Crippen LogP contribution is 2.60. The molecule has 0 saturated carbocycles. The average Bonchev–Trinajstić information content (AvgIpc) is 3.06. The summed E-state index contributed by atoms with van der Waals surface area (Å²) in [5.41, 5.74) is 2.60. The first-order valence-corrected chi connectivity index (χ1v) is 10.5. The zero-order valence-corrected chi connectivity index (χ0v) is 16.9. The molecule has 2 heterocycles. The molecular weight excluding hydrogens is 370 g/mol. The first-order valence-electron chi connectivity index (χ1n) is 10.5. The van der Waals surface area contributed by atoms with E-state index in [2.05, 4.69) is 41.0 Å². The van der Waals surface area contributed by atoms with Crippen LogP contribution in [0.4, 0.5) is 0 Å². The van der Waals surface area contributed by atoms with Crippen LogP contribution in [0.2, 0.25) is 0 Å². The van der Waals surface area contributed by atoms with E-state index in [4.69, 9.17) is 9.47 Å². The minimum absolute atomic E-state index is 0.118. The normalized spacial score (nSPS) is 33.6. The molecule has 1 aromatic rings. The van der Waals surface area contributed by atoms with Crippen molar-refractivity contribution in [3.05, 3.63) is 41.5 Å². The smallest absolute Gasteiger partial charge is 0.306 e. The molecule has 29 heavy (non-hydrogen) atoms. The van der Waals surface area contributed by atoms with Crippen molar-refractivity contribution in [3.63, 3.8) is 0 Å². The van der Waals surface area contributed by atoms with E-state index in [-0.39, 0.29) is 36.3 Å². The number of benzene rings is 1. The van der Waals surface area contributed by atoms with Crippen molar-refractivity contribution in [1.82, 2.24) is 4.90 Å². The van der Waals surface area contributed by atoms with Crippen molar-refractivity contribution in [2.45, 2.75) is 55.8 Å². The van der Waals surface area contributed by atoms with Crippen molar-refractivity contribution in [2.24, 2.45) is 5.92 Å². The van der Waals surface area contributed by atoms with Gasteiger partial charge in [0.2, 0.25) is 0 Å². The number of likely N-dealkylation sites (tertiary alicyclic amines) is 1. The number of carbonyl (C=O) groups is 2. The van der Waals surface area contributed by atoms with E-state index in [1.54, 1.807) is 0 Å². The third-order valence-corrected chi connectivity index (χ3v) is 7.29. The number of likely N-dealkylation sites (N-methyl/N-ethyl adjacent to an activating group) is 1. The van der Waals surface area contributed by atoms with E-state index in [1.165, 1.54) is 18.2 Å². The first-order chi connectivity index (χ1) is 14.0. The number of hydrogen-bond donors (Lipinski definition) is 0. The van der Waals surface area contributed by atoms with Crippen LogP contribution in [0.25, 0.3) is 0 Å². The second kappa shape index (κ2) is 6.87. The number of nitrogens with zero attached hydrogens (tertiary/aromatic N) is 1. The van der Waals surface area contributed by atoms with Crippen molar-refractivity contribution < 1.29 is 23.8 Å². The Hall–Kier alpha value is -2.34. The highest BCUT2D eigenvalue weighted by atomic mass is 16.6. The summed E-state index contributed by atoms with van der Waals surface area (Å²) < 4.78 is 17.0. The minimum atomic E-state index is -0.403. The van der Waals surface area contributed by atoms with Crippen LogP contribution in [-0.2, 0) is 30.9 Å². The number of esters is 2. The van der Waals surface area contributed by atoms with Gasteiger partial charge >= 0.3 is 11.9 Å². The molecule has 0 aromatic heterocycles. The van der Waals surface area contributed by atoms with Crippen molar-refractivity contribution in [1.29, 1.82) is 0 Å². The Kier molecular flexibility index (Phi) is 4.42. The molecule has 0 radical (unpaired) electrons. The lowest BCUT2D eigenvalue weighted by molar-refractivity contribution is -0.155. The Labute approximate surface area is 170 Å². The van der Waals surface area contributed by atoms with E-state index < -0.39 is 6.10 Å². The van der Waals surface area contributed by atoms with Crippen molar-refractivity contribution in [2.75, 3.05) is 20.7 Å². The van der Waals surface area contributed by atoms with Crippen molar-refractivity contribution >= 4 is 11.9 Å². The molecule has 1 aromatic carbocycles. The average molecular weight is 397 g/mol. The van der Waals surface area contributed by atoms with Crippen LogP contribution in [0.15, 0.2) is 30.4 Å². The predicted molar refractivity (Wildman–Crippen MR) is 106 cm³/mol. The Morgan fingerprint density at radius 3 is 2.90 bits per heavy atom. The SMILES string of the molecule is COC(=O)CCCC(=O)OC1C=C[C@H]2[C@H]3Cc4cccc5c4[C@@]2(CCN3C)C1O5. The second-order valence-corrected chi connectivity index (χ2v) is 8.67. The lowest BCUT2D eigenvalue weighted by atomic mass is 9.53. The summed E-state index contributed by atoms with van der Waals surface area (Å²) >= 11 is 0. The topological polar surface area (TPSA) is 65.1 Å². The fourth-order valence-electron chi connectivity index (χ4n) is 5.98. The maximum Gasteiger partial charge on any atom is 0.306 e. The Morgan fingerprint density at radius 2 is 2.07 bits per heavy atom. The summed E-state index contributed by atoms with van der Waals surface area (Å²) in [4.78, 5) is 26.2. The van der Waals surface area contributed by atoms with Gasteiger partial charge < -0.3 is 19.1 Å². The standard InChI is InChI=1S/C23H27NO5/c1-24-12-11-23-15-9-10-18(28-20(26)8-4-7-19(25)27-2)22(23)29-17-6-3-5-14(21(17)23)13-16(15)24/h3,5-6,9-10,15-16,18,22H,4,7-8,11-13H2,1-2H3/t15-,16+,18?,22?,23-/m0/s1. The molecule has 1 fully saturated rings. The summed E-state index contributed by atoms with van der Waals surface area (Å²) in [6.07, 6.45) is 6.58. The molecule has 2 aliphatic carbocycles. The van der Waals surface area contributed by atoms with Crippen LogP contribution in [0.3, 0.4) is 0 Å². The molecule has 5 atom stereocenters. The monoisotopic (exact) mass is 397 g/mol. The Bertz CT molecular complexity index is 880. The third-order valence-electron chi connectivity index (χ3n) is 7.29. The molecule has 5 rings (SSSR count). The third kappa shape index (κ3) is 2.72. The van der Waals surface area contributed by atoms with Gasteiger partial charge in [0.05, 0.1) is 7.11 Å². The molecule has 1 spiro atoms. The molecule has 1 saturated heterocycles. The molecule has 0 amide bonds. The molecule has 0 N–H and O–H groups in total. The Balaban J connectivity index is 1.41. The van der Waals surface area contributed by atoms with E-state index in [9.17, 15) is 9.59 Å². The fourth-order valence-corrected chi connectivity index (χ4v) is 5.98. The van der Waals surface area contributed by atoms with E-state index >= 15 is 0 Å². The summed E-state index contributed by atoms with van der Waals surface area (Å²) in [6.45, 7) is 1.02. The van der Waals surface area contributed by atoms with Gasteiger partial charge in [-0.25, -0.2) is 0 Å². The lowest BCUT2D eigenvalue weighted by Crippen LogP contribution is -2.65. The molecule has 2 unspecified atom stereocenters. The van der Waals surface area contributed by atoms with Gasteiger partial charge in [0.1, 0.15) is 11.9 Å². The molecule has 154 valence electrons. The van der Waals surface area contributed by atoms with Gasteiger partial charge in [-0.05, 0) is 50.6 Å². The number of piperidine rings is 1. The maximum atomic E-state index is 12.5. The van der Waals surface area contributed by atoms with Crippen LogP contribution >= 0.6 is 0 Å². The van der Waals surface area contributed by atoms with Crippen LogP contribution in [0.1, 0.15) is 36.8 Å². The van der Waals surface area contributed by atoms with Gasteiger partial charge in [-0.3, -0.25) is 9.59 Å². The number of carbonyl (C=O) groups excluding carboxylic acids is 2. The van der Waals surface area contributed by atoms with Gasteiger partial charge in [0.25, 0.3) is 0 Å². The van der Waals surface area contributed by atoms with E-state index in [0.717, 1.165) is 25.1 Å². The lowest BCUT2D eigenvalue weighted by Gasteiger charge is -2.56. The van der Waals surface area contributed by atoms with Crippen LogP contribution in [0.5, 0.6) is 5.75 Å². The van der Waals surface area contributed by atoms with Gasteiger partial charge in [0.15, 0.2) is 6.10 Å². The van der Waals surface area contributed by atoms with Gasteiger partial charge in [-0.2, -0.15) is 0 Å². The largest absolute Gasteiger partial charge is 0.485 e. The van der Waals surface area contributed by atoms with E-state index in [0.29, 0.717) is 18.4 Å². The number of ether oxygens (including phenoxy) is 3. The van der Waals surface area contributed by atoms with Crippen LogP contribution in [0, 0.1) is 5.92 Å². The number of hydrogen-bond acceptors (Lipinski definition) is 6.